The van der Waals surface area contributed by atoms with E-state index in [0.29, 0.717) is 6.54 Å². The van der Waals surface area contributed by atoms with Gasteiger partial charge >= 0.3 is 12.0 Å². The van der Waals surface area contributed by atoms with Crippen LogP contribution in [0.1, 0.15) is 39.0 Å². The topological polar surface area (TPSA) is 98.7 Å². The van der Waals surface area contributed by atoms with E-state index in [1.165, 1.54) is 0 Å². The van der Waals surface area contributed by atoms with E-state index in [4.69, 9.17) is 5.11 Å². The number of urea groups is 1. The number of carbonyl (C=O) groups is 2. The number of aliphatic hydroxyl groups excluding tert-OH is 1. The van der Waals surface area contributed by atoms with Crippen molar-refractivity contribution >= 4 is 12.0 Å². The molecule has 1 atom stereocenters. The SMILES string of the molecule is CC(CNC(=O)NC1CCC(O)CC1)CC(=O)O. The smallest absolute Gasteiger partial charge is 0.315 e. The third-order valence-electron chi connectivity index (χ3n) is 3.17. The second-order valence-corrected chi connectivity index (χ2v) is 5.06. The molecule has 4 N–H and O–H groups in total. The predicted octanol–water partition coefficient (Wildman–Crippen LogP) is 0.700. The Bertz CT molecular complexity index is 288. The lowest BCUT2D eigenvalue weighted by molar-refractivity contribution is -0.137. The van der Waals surface area contributed by atoms with E-state index < -0.39 is 5.97 Å². The number of carboxylic acid groups (broad SMARTS) is 1. The van der Waals surface area contributed by atoms with Gasteiger partial charge in [0.25, 0.3) is 0 Å². The van der Waals surface area contributed by atoms with Gasteiger partial charge in [0.05, 0.1) is 6.10 Å². The molecule has 0 radical (unpaired) electrons. The number of rotatable bonds is 5. The maximum Gasteiger partial charge on any atom is 0.315 e. The standard InChI is InChI=1S/C12H22N2O4/c1-8(6-11(16)17)7-13-12(18)14-9-2-4-10(15)5-3-9/h8-10,15H,2-7H2,1H3,(H,16,17)(H2,13,14,18). The molecule has 0 aromatic carbocycles. The summed E-state index contributed by atoms with van der Waals surface area (Å²) in [6.45, 7) is 2.14. The molecule has 1 rings (SSSR count). The van der Waals surface area contributed by atoms with Crippen LogP contribution in [0.25, 0.3) is 0 Å². The summed E-state index contributed by atoms with van der Waals surface area (Å²) in [7, 11) is 0. The largest absolute Gasteiger partial charge is 0.481 e. The molecule has 2 amide bonds. The molecule has 104 valence electrons. The Morgan fingerprint density at radius 2 is 1.89 bits per heavy atom. The van der Waals surface area contributed by atoms with E-state index in [2.05, 4.69) is 10.6 Å². The third-order valence-corrected chi connectivity index (χ3v) is 3.17. The van der Waals surface area contributed by atoms with Crippen LogP contribution in [0.15, 0.2) is 0 Å². The Morgan fingerprint density at radius 3 is 2.44 bits per heavy atom. The molecule has 0 aliphatic heterocycles. The minimum absolute atomic E-state index is 0.0515. The Balaban J connectivity index is 2.15. The highest BCUT2D eigenvalue weighted by Gasteiger charge is 2.20. The van der Waals surface area contributed by atoms with Crippen LogP contribution in [-0.2, 0) is 4.79 Å². The van der Waals surface area contributed by atoms with Crippen molar-refractivity contribution in [1.29, 1.82) is 0 Å². The van der Waals surface area contributed by atoms with Crippen LogP contribution >= 0.6 is 0 Å². The molecule has 6 nitrogen and oxygen atoms in total. The van der Waals surface area contributed by atoms with Crippen LogP contribution < -0.4 is 10.6 Å². The summed E-state index contributed by atoms with van der Waals surface area (Å²) < 4.78 is 0. The highest BCUT2D eigenvalue weighted by atomic mass is 16.4. The first-order chi connectivity index (χ1) is 8.47. The molecule has 18 heavy (non-hydrogen) atoms. The van der Waals surface area contributed by atoms with Crippen molar-refractivity contribution in [2.75, 3.05) is 6.54 Å². The number of carbonyl (C=O) groups excluding carboxylic acids is 1. The molecular formula is C12H22N2O4. The lowest BCUT2D eigenvalue weighted by Gasteiger charge is -2.26. The fourth-order valence-electron chi connectivity index (χ4n) is 2.09. The molecule has 0 aromatic rings. The van der Waals surface area contributed by atoms with Crippen LogP contribution in [0.4, 0.5) is 4.79 Å². The van der Waals surface area contributed by atoms with Gasteiger partial charge in [-0.05, 0) is 31.6 Å². The van der Waals surface area contributed by atoms with Crippen molar-refractivity contribution in [2.45, 2.75) is 51.2 Å². The molecule has 0 bridgehead atoms. The van der Waals surface area contributed by atoms with Crippen LogP contribution in [-0.4, -0.2) is 40.9 Å². The summed E-state index contributed by atoms with van der Waals surface area (Å²) in [5.41, 5.74) is 0. The minimum atomic E-state index is -0.856. The van der Waals surface area contributed by atoms with Crippen molar-refractivity contribution < 1.29 is 19.8 Å². The van der Waals surface area contributed by atoms with Crippen molar-refractivity contribution in [3.05, 3.63) is 0 Å². The first kappa shape index (κ1) is 14.8. The van der Waals surface area contributed by atoms with Crippen LogP contribution in [0, 0.1) is 5.92 Å². The Hall–Kier alpha value is -1.30. The Kier molecular flexibility index (Phi) is 5.91. The zero-order chi connectivity index (χ0) is 13.5. The van der Waals surface area contributed by atoms with E-state index >= 15 is 0 Å². The highest BCUT2D eigenvalue weighted by Crippen LogP contribution is 2.18. The summed E-state index contributed by atoms with van der Waals surface area (Å²) in [6.07, 6.45) is 2.84. The van der Waals surface area contributed by atoms with Gasteiger partial charge in [0.1, 0.15) is 0 Å². The Morgan fingerprint density at radius 1 is 1.28 bits per heavy atom. The Labute approximate surface area is 107 Å². The molecule has 0 heterocycles. The number of amides is 2. The maximum absolute atomic E-state index is 11.6. The van der Waals surface area contributed by atoms with Crippen molar-refractivity contribution in [3.8, 4) is 0 Å². The number of hydrogen-bond acceptors (Lipinski definition) is 3. The second-order valence-electron chi connectivity index (χ2n) is 5.06. The van der Waals surface area contributed by atoms with E-state index in [1.54, 1.807) is 6.92 Å². The summed E-state index contributed by atoms with van der Waals surface area (Å²) >= 11 is 0. The van der Waals surface area contributed by atoms with Crippen LogP contribution in [0.3, 0.4) is 0 Å². The van der Waals surface area contributed by atoms with Gasteiger partial charge in [0.2, 0.25) is 0 Å². The van der Waals surface area contributed by atoms with E-state index in [-0.39, 0.29) is 30.5 Å². The number of aliphatic hydroxyl groups is 1. The summed E-state index contributed by atoms with van der Waals surface area (Å²) in [5.74, 6) is -0.938. The zero-order valence-electron chi connectivity index (χ0n) is 10.7. The monoisotopic (exact) mass is 258 g/mol. The van der Waals surface area contributed by atoms with Crippen molar-refractivity contribution in [1.82, 2.24) is 10.6 Å². The van der Waals surface area contributed by atoms with Gasteiger partial charge in [-0.2, -0.15) is 0 Å². The van der Waals surface area contributed by atoms with Crippen LogP contribution in [0.2, 0.25) is 0 Å². The van der Waals surface area contributed by atoms with Gasteiger partial charge < -0.3 is 20.8 Å². The molecule has 1 fully saturated rings. The van der Waals surface area contributed by atoms with Gasteiger partial charge in [-0.15, -0.1) is 0 Å². The first-order valence-electron chi connectivity index (χ1n) is 6.41. The molecule has 1 saturated carbocycles. The average molecular weight is 258 g/mol. The molecular weight excluding hydrogens is 236 g/mol. The molecule has 1 unspecified atom stereocenters. The zero-order valence-corrected chi connectivity index (χ0v) is 10.7. The van der Waals surface area contributed by atoms with Crippen LogP contribution in [0.5, 0.6) is 0 Å². The quantitative estimate of drug-likeness (QED) is 0.583. The number of aliphatic carboxylic acids is 1. The second kappa shape index (κ2) is 7.20. The number of hydrogen-bond donors (Lipinski definition) is 4. The van der Waals surface area contributed by atoms with Crippen molar-refractivity contribution in [2.24, 2.45) is 5.92 Å². The molecule has 1 aliphatic rings. The third kappa shape index (κ3) is 5.86. The van der Waals surface area contributed by atoms with Gasteiger partial charge in [-0.3, -0.25) is 4.79 Å². The van der Waals surface area contributed by atoms with Gasteiger partial charge in [-0.25, -0.2) is 4.79 Å². The number of nitrogens with one attached hydrogen (secondary N) is 2. The lowest BCUT2D eigenvalue weighted by Crippen LogP contribution is -2.45. The van der Waals surface area contributed by atoms with E-state index in [9.17, 15) is 14.7 Å². The normalized spacial score (nSPS) is 25.2. The minimum Gasteiger partial charge on any atom is -0.481 e. The molecule has 0 aromatic heterocycles. The van der Waals surface area contributed by atoms with Gasteiger partial charge in [0.15, 0.2) is 0 Å². The fourth-order valence-corrected chi connectivity index (χ4v) is 2.09. The van der Waals surface area contributed by atoms with E-state index in [1.807, 2.05) is 0 Å². The lowest BCUT2D eigenvalue weighted by atomic mass is 9.93. The first-order valence-corrected chi connectivity index (χ1v) is 6.41. The van der Waals surface area contributed by atoms with E-state index in [0.717, 1.165) is 25.7 Å². The molecule has 0 saturated heterocycles. The molecule has 0 spiro atoms. The molecule has 1 aliphatic carbocycles. The van der Waals surface area contributed by atoms with Crippen molar-refractivity contribution in [3.63, 3.8) is 0 Å². The average Bonchev–Trinajstić information content (AvgIpc) is 2.29. The summed E-state index contributed by atoms with van der Waals surface area (Å²) in [6, 6.07) is -0.142. The highest BCUT2D eigenvalue weighted by molar-refractivity contribution is 5.74. The van der Waals surface area contributed by atoms with Gasteiger partial charge in [-0.1, -0.05) is 6.92 Å². The maximum atomic E-state index is 11.6. The predicted molar refractivity (Wildman–Crippen MR) is 66.2 cm³/mol. The molecule has 6 heteroatoms. The number of carboxylic acids is 1. The van der Waals surface area contributed by atoms with Gasteiger partial charge in [0, 0.05) is 19.0 Å². The summed E-state index contributed by atoms with van der Waals surface area (Å²) in [4.78, 5) is 22.0. The summed E-state index contributed by atoms with van der Waals surface area (Å²) in [5, 5.41) is 23.4. The fraction of sp³-hybridized carbons (Fsp3) is 0.833.